The predicted octanol–water partition coefficient (Wildman–Crippen LogP) is 3.09. The first-order valence-electron chi connectivity index (χ1n) is 10.6. The predicted molar refractivity (Wildman–Crippen MR) is 114 cm³/mol. The summed E-state index contributed by atoms with van der Waals surface area (Å²) in [4.78, 5) is 25.5. The first-order valence-corrected chi connectivity index (χ1v) is 11.0. The number of halogens is 1. The minimum absolute atomic E-state index is 0.0683. The Hall–Kier alpha value is -1.59. The third-order valence-electron chi connectivity index (χ3n) is 6.27. The van der Waals surface area contributed by atoms with E-state index >= 15 is 0 Å². The number of hydrogen-bond donors (Lipinski definition) is 2. The zero-order valence-electron chi connectivity index (χ0n) is 18.0. The summed E-state index contributed by atoms with van der Waals surface area (Å²) in [6.45, 7) is 8.56. The summed E-state index contributed by atoms with van der Waals surface area (Å²) in [6, 6.07) is 7.50. The highest BCUT2D eigenvalue weighted by Gasteiger charge is 2.45. The van der Waals surface area contributed by atoms with Gasteiger partial charge in [0, 0.05) is 23.9 Å². The highest BCUT2D eigenvalue weighted by molar-refractivity contribution is 6.30. The van der Waals surface area contributed by atoms with E-state index in [2.05, 4.69) is 38.3 Å². The van der Waals surface area contributed by atoms with E-state index in [1.807, 2.05) is 12.1 Å². The number of carbonyl (C=O) groups is 2. The molecule has 3 rings (SSSR count). The number of piperidine rings is 1. The maximum atomic E-state index is 13.0. The lowest BCUT2D eigenvalue weighted by Crippen LogP contribution is -3.06. The summed E-state index contributed by atoms with van der Waals surface area (Å²) in [7, 11) is 0. The largest absolute Gasteiger partial charge is 0.455 e. The number of ether oxygens (including phenoxy) is 1. The molecule has 6 heteroatoms. The lowest BCUT2D eigenvalue weighted by atomic mass is 9.79. The van der Waals surface area contributed by atoms with Gasteiger partial charge in [-0.15, -0.1) is 0 Å². The van der Waals surface area contributed by atoms with Gasteiger partial charge in [-0.05, 0) is 58.2 Å². The number of nitrogens with two attached hydrogens (primary N) is 1. The fraction of sp³-hybridized carbons (Fsp3) is 0.652. The molecule has 1 aromatic carbocycles. The van der Waals surface area contributed by atoms with Crippen LogP contribution in [0.5, 0.6) is 0 Å². The Morgan fingerprint density at radius 2 is 1.62 bits per heavy atom. The number of rotatable bonds is 5. The fourth-order valence-corrected chi connectivity index (χ4v) is 5.64. The lowest BCUT2D eigenvalue weighted by molar-refractivity contribution is -0.787. The Bertz CT molecular complexity index is 736. The number of quaternary nitrogens is 1. The second-order valence-electron chi connectivity index (χ2n) is 10.2. The molecular weight excluding hydrogens is 388 g/mol. The number of esters is 1. The van der Waals surface area contributed by atoms with Gasteiger partial charge in [-0.3, -0.25) is 9.59 Å². The van der Waals surface area contributed by atoms with Crippen LogP contribution in [0.1, 0.15) is 71.8 Å². The van der Waals surface area contributed by atoms with Gasteiger partial charge >= 0.3 is 5.97 Å². The van der Waals surface area contributed by atoms with Crippen LogP contribution in [0.15, 0.2) is 24.3 Å². The molecule has 2 fully saturated rings. The average molecular weight is 422 g/mol. The topological polar surface area (TPSA) is 72.0 Å². The minimum atomic E-state index is -0.658. The van der Waals surface area contributed by atoms with E-state index in [0.29, 0.717) is 5.02 Å². The van der Waals surface area contributed by atoms with Gasteiger partial charge < -0.3 is 15.4 Å². The van der Waals surface area contributed by atoms with Gasteiger partial charge in [0.2, 0.25) is 0 Å². The van der Waals surface area contributed by atoms with Gasteiger partial charge in [0.05, 0.1) is 16.5 Å². The molecule has 0 radical (unpaired) electrons. The van der Waals surface area contributed by atoms with Crippen LogP contribution in [-0.4, -0.2) is 35.6 Å². The molecule has 1 amide bonds. The van der Waals surface area contributed by atoms with E-state index in [1.165, 1.54) is 0 Å². The SMILES string of the molecule is CC1(C)CC(NC(=O)COC(=O)C2(c3ccc(Cl)cc3)CCCC2)CC(C)(C)[NH2+]1. The molecule has 160 valence electrons. The van der Waals surface area contributed by atoms with Crippen LogP contribution in [0.2, 0.25) is 5.02 Å². The molecule has 1 aliphatic heterocycles. The number of nitrogens with one attached hydrogen (secondary N) is 1. The molecule has 0 spiro atoms. The fourth-order valence-electron chi connectivity index (χ4n) is 5.52. The number of hydrogen-bond acceptors (Lipinski definition) is 3. The monoisotopic (exact) mass is 421 g/mol. The smallest absolute Gasteiger partial charge is 0.317 e. The van der Waals surface area contributed by atoms with Crippen LogP contribution in [0.3, 0.4) is 0 Å². The average Bonchev–Trinajstić information content (AvgIpc) is 3.08. The van der Waals surface area contributed by atoms with Gasteiger partial charge in [0.1, 0.15) is 0 Å². The summed E-state index contributed by atoms with van der Waals surface area (Å²) in [6.07, 6.45) is 5.24. The van der Waals surface area contributed by atoms with E-state index in [9.17, 15) is 9.59 Å². The molecular formula is C23H34ClN2O3+. The van der Waals surface area contributed by atoms with Gasteiger partial charge in [-0.2, -0.15) is 0 Å². The van der Waals surface area contributed by atoms with Gasteiger partial charge in [0.25, 0.3) is 5.91 Å². The Morgan fingerprint density at radius 3 is 2.17 bits per heavy atom. The second kappa shape index (κ2) is 8.27. The van der Waals surface area contributed by atoms with Crippen molar-refractivity contribution >= 4 is 23.5 Å². The van der Waals surface area contributed by atoms with Gasteiger partial charge in [-0.1, -0.05) is 36.6 Å². The van der Waals surface area contributed by atoms with Crippen LogP contribution in [0.25, 0.3) is 0 Å². The summed E-state index contributed by atoms with van der Waals surface area (Å²) < 4.78 is 5.53. The molecule has 0 unspecified atom stereocenters. The van der Waals surface area contributed by atoms with Crippen molar-refractivity contribution in [2.75, 3.05) is 6.61 Å². The molecule has 2 aliphatic rings. The normalized spacial score (nSPS) is 22.8. The first-order chi connectivity index (χ1) is 13.5. The van der Waals surface area contributed by atoms with E-state index < -0.39 is 5.41 Å². The molecule has 1 aliphatic carbocycles. The van der Waals surface area contributed by atoms with Crippen molar-refractivity contribution in [2.45, 2.75) is 88.8 Å². The van der Waals surface area contributed by atoms with Crippen LogP contribution in [0, 0.1) is 0 Å². The Labute approximate surface area is 178 Å². The van der Waals surface area contributed by atoms with E-state index in [4.69, 9.17) is 16.3 Å². The van der Waals surface area contributed by atoms with Crippen LogP contribution in [0.4, 0.5) is 0 Å². The van der Waals surface area contributed by atoms with E-state index in [0.717, 1.165) is 44.1 Å². The molecule has 0 bridgehead atoms. The molecule has 29 heavy (non-hydrogen) atoms. The van der Waals surface area contributed by atoms with Gasteiger partial charge in [-0.25, -0.2) is 0 Å². The van der Waals surface area contributed by atoms with E-state index in [-0.39, 0.29) is 35.6 Å². The minimum Gasteiger partial charge on any atom is -0.455 e. The highest BCUT2D eigenvalue weighted by atomic mass is 35.5. The van der Waals surface area contributed by atoms with Crippen molar-refractivity contribution in [1.82, 2.24) is 5.32 Å². The molecule has 0 aromatic heterocycles. The zero-order chi connectivity index (χ0) is 21.3. The maximum Gasteiger partial charge on any atom is 0.317 e. The zero-order valence-corrected chi connectivity index (χ0v) is 18.8. The molecule has 3 N–H and O–H groups in total. The molecule has 1 aromatic rings. The van der Waals surface area contributed by atoms with Crippen molar-refractivity contribution in [3.63, 3.8) is 0 Å². The quantitative estimate of drug-likeness (QED) is 0.717. The molecule has 1 saturated heterocycles. The van der Waals surface area contributed by atoms with E-state index in [1.54, 1.807) is 12.1 Å². The third kappa shape index (κ3) is 5.32. The van der Waals surface area contributed by atoms with Gasteiger partial charge in [0.15, 0.2) is 6.61 Å². The lowest BCUT2D eigenvalue weighted by Gasteiger charge is -2.43. The van der Waals surface area contributed by atoms with Crippen molar-refractivity contribution in [3.8, 4) is 0 Å². The summed E-state index contributed by atoms with van der Waals surface area (Å²) in [5.74, 6) is -0.522. The second-order valence-corrected chi connectivity index (χ2v) is 10.6. The number of carbonyl (C=O) groups excluding carboxylic acids is 2. The van der Waals surface area contributed by atoms with Crippen molar-refractivity contribution in [1.29, 1.82) is 0 Å². The molecule has 0 atom stereocenters. The summed E-state index contributed by atoms with van der Waals surface area (Å²) >= 11 is 6.01. The number of amides is 1. The van der Waals surface area contributed by atoms with Crippen LogP contribution in [-0.2, 0) is 19.7 Å². The molecule has 1 saturated carbocycles. The Morgan fingerprint density at radius 1 is 1.07 bits per heavy atom. The van der Waals surface area contributed by atoms with Crippen molar-refractivity contribution in [2.24, 2.45) is 0 Å². The molecule has 5 nitrogen and oxygen atoms in total. The van der Waals surface area contributed by atoms with Crippen molar-refractivity contribution in [3.05, 3.63) is 34.9 Å². The van der Waals surface area contributed by atoms with Crippen molar-refractivity contribution < 1.29 is 19.6 Å². The maximum absolute atomic E-state index is 13.0. The standard InChI is InChI=1S/C23H33ClN2O3/c1-21(2)13-18(14-22(3,4)26-21)25-19(27)15-29-20(28)23(11-5-6-12-23)16-7-9-17(24)10-8-16/h7-10,18,26H,5-6,11-15H2,1-4H3,(H,25,27)/p+1. The van der Waals surface area contributed by atoms with Crippen LogP contribution >= 0.6 is 11.6 Å². The number of benzene rings is 1. The first kappa shape index (κ1) is 22.1. The summed E-state index contributed by atoms with van der Waals surface area (Å²) in [5.41, 5.74) is 0.406. The Kier molecular flexibility index (Phi) is 6.30. The summed E-state index contributed by atoms with van der Waals surface area (Å²) in [5, 5.41) is 6.10. The highest BCUT2D eigenvalue weighted by Crippen LogP contribution is 2.42. The van der Waals surface area contributed by atoms with Crippen LogP contribution < -0.4 is 10.6 Å². The third-order valence-corrected chi connectivity index (χ3v) is 6.52. The Balaban J connectivity index is 1.60. The molecule has 1 heterocycles.